The van der Waals surface area contributed by atoms with Gasteiger partial charge in [-0.05, 0) is 67.1 Å². The average Bonchev–Trinajstić information content (AvgIpc) is 3.39. The van der Waals surface area contributed by atoms with Gasteiger partial charge in [-0.2, -0.15) is 13.5 Å². The van der Waals surface area contributed by atoms with E-state index in [0.29, 0.717) is 11.3 Å². The van der Waals surface area contributed by atoms with Gasteiger partial charge in [0, 0.05) is 11.8 Å². The Labute approximate surface area is 202 Å². The zero-order chi connectivity index (χ0) is 24.8. The third-order valence-electron chi connectivity index (χ3n) is 4.94. The van der Waals surface area contributed by atoms with Gasteiger partial charge >= 0.3 is 10.1 Å². The molecule has 9 nitrogen and oxygen atoms in total. The van der Waals surface area contributed by atoms with Gasteiger partial charge in [-0.25, -0.2) is 9.67 Å². The van der Waals surface area contributed by atoms with Crippen LogP contribution in [0.3, 0.4) is 0 Å². The number of nitrogens with one attached hydrogen (secondary N) is 1. The molecule has 0 radical (unpaired) electrons. The Bertz CT molecular complexity index is 1450. The lowest BCUT2D eigenvalue weighted by Crippen LogP contribution is -2.10. The minimum Gasteiger partial charge on any atom is -0.493 e. The van der Waals surface area contributed by atoms with E-state index in [-0.39, 0.29) is 22.3 Å². The summed E-state index contributed by atoms with van der Waals surface area (Å²) in [5, 5.41) is 6.82. The molecule has 178 valence electrons. The van der Waals surface area contributed by atoms with E-state index in [1.165, 1.54) is 37.7 Å². The summed E-state index contributed by atoms with van der Waals surface area (Å²) in [5.74, 6) is -0.0751. The average molecular weight is 491 g/mol. The van der Waals surface area contributed by atoms with Crippen LogP contribution in [-0.2, 0) is 14.9 Å². The topological polar surface area (TPSA) is 112 Å². The molecule has 0 saturated heterocycles. The van der Waals surface area contributed by atoms with Crippen LogP contribution in [-0.4, -0.2) is 36.2 Å². The third-order valence-corrected chi connectivity index (χ3v) is 6.19. The monoisotopic (exact) mass is 490 g/mol. The highest BCUT2D eigenvalue weighted by atomic mass is 32.2. The Balaban J connectivity index is 1.42. The number of anilines is 1. The van der Waals surface area contributed by atoms with E-state index in [1.54, 1.807) is 53.5 Å². The fourth-order valence-electron chi connectivity index (χ4n) is 3.12. The summed E-state index contributed by atoms with van der Waals surface area (Å²) in [7, 11) is -2.62. The summed E-state index contributed by atoms with van der Waals surface area (Å²) in [6, 6.07) is 18.2. The highest BCUT2D eigenvalue weighted by Gasteiger charge is 2.19. The van der Waals surface area contributed by atoms with Crippen molar-refractivity contribution in [2.24, 2.45) is 0 Å². The Kier molecular flexibility index (Phi) is 6.93. The lowest BCUT2D eigenvalue weighted by molar-refractivity contribution is -0.111. The molecule has 0 saturated carbocycles. The van der Waals surface area contributed by atoms with Crippen molar-refractivity contribution in [1.29, 1.82) is 0 Å². The lowest BCUT2D eigenvalue weighted by Gasteiger charge is -2.11. The van der Waals surface area contributed by atoms with Crippen molar-refractivity contribution in [3.05, 3.63) is 96.6 Å². The van der Waals surface area contributed by atoms with Crippen molar-refractivity contribution < 1.29 is 22.1 Å². The van der Waals surface area contributed by atoms with E-state index in [0.717, 1.165) is 11.3 Å². The number of methoxy groups -OCH3 is 1. The van der Waals surface area contributed by atoms with Crippen LogP contribution in [0.1, 0.15) is 11.1 Å². The molecule has 1 N–H and O–H groups in total. The summed E-state index contributed by atoms with van der Waals surface area (Å²) in [5.41, 5.74) is 2.99. The van der Waals surface area contributed by atoms with Crippen LogP contribution in [0.25, 0.3) is 11.8 Å². The zero-order valence-corrected chi connectivity index (χ0v) is 19.8. The van der Waals surface area contributed by atoms with E-state index < -0.39 is 10.1 Å². The number of carbonyl (C=O) groups excluding carboxylic acids is 1. The van der Waals surface area contributed by atoms with E-state index >= 15 is 0 Å². The van der Waals surface area contributed by atoms with Crippen LogP contribution in [0.5, 0.6) is 11.5 Å². The van der Waals surface area contributed by atoms with E-state index in [9.17, 15) is 13.2 Å². The van der Waals surface area contributed by atoms with Gasteiger partial charge in [0.1, 0.15) is 17.6 Å². The number of nitrogens with zero attached hydrogens (tertiary/aromatic N) is 3. The second-order valence-corrected chi connectivity index (χ2v) is 9.02. The third kappa shape index (κ3) is 5.92. The molecule has 4 rings (SSSR count). The minimum absolute atomic E-state index is 0.0418. The molecule has 0 aliphatic heterocycles. The maximum absolute atomic E-state index is 12.6. The molecule has 35 heavy (non-hydrogen) atoms. The largest absolute Gasteiger partial charge is 0.493 e. The smallest absolute Gasteiger partial charge is 0.339 e. The van der Waals surface area contributed by atoms with Crippen molar-refractivity contribution in [2.75, 3.05) is 12.4 Å². The molecule has 0 bridgehead atoms. The number of rotatable bonds is 8. The summed E-state index contributed by atoms with van der Waals surface area (Å²) in [4.78, 5) is 16.3. The highest BCUT2D eigenvalue weighted by Crippen LogP contribution is 2.31. The second kappa shape index (κ2) is 10.2. The number of carbonyl (C=O) groups is 1. The summed E-state index contributed by atoms with van der Waals surface area (Å²) < 4.78 is 37.4. The Morgan fingerprint density at radius 3 is 2.40 bits per heavy atom. The molecule has 3 aromatic carbocycles. The van der Waals surface area contributed by atoms with Gasteiger partial charge in [0.05, 0.1) is 12.8 Å². The first-order chi connectivity index (χ1) is 16.8. The number of hydrogen-bond acceptors (Lipinski definition) is 7. The van der Waals surface area contributed by atoms with Gasteiger partial charge in [0.2, 0.25) is 5.91 Å². The quantitative estimate of drug-likeness (QED) is 0.293. The Hall–Kier alpha value is -4.44. The van der Waals surface area contributed by atoms with Crippen LogP contribution in [0, 0.1) is 6.92 Å². The molecular weight excluding hydrogens is 468 g/mol. The van der Waals surface area contributed by atoms with Crippen molar-refractivity contribution in [2.45, 2.75) is 11.8 Å². The van der Waals surface area contributed by atoms with Crippen LogP contribution < -0.4 is 14.2 Å². The van der Waals surface area contributed by atoms with E-state index in [4.69, 9.17) is 8.92 Å². The van der Waals surface area contributed by atoms with Crippen LogP contribution in [0.15, 0.2) is 90.4 Å². The molecular formula is C25H22N4O5S. The highest BCUT2D eigenvalue weighted by molar-refractivity contribution is 7.87. The standard InChI is InChI=1S/C25H22N4O5S/c1-18-3-11-22(12-4-18)35(31,32)34-23-13-5-19(15-24(23)33-2)6-14-25(30)28-20-7-9-21(10-8-20)29-17-26-16-27-29/h3-17H,1-2H3,(H,28,30). The van der Waals surface area contributed by atoms with Crippen molar-refractivity contribution in [3.8, 4) is 17.2 Å². The Morgan fingerprint density at radius 2 is 1.74 bits per heavy atom. The van der Waals surface area contributed by atoms with E-state index in [1.807, 2.05) is 19.1 Å². The SMILES string of the molecule is COc1cc(C=CC(=O)Nc2ccc(-n3cncn3)cc2)ccc1OS(=O)(=O)c1ccc(C)cc1. The number of amides is 1. The first-order valence-electron chi connectivity index (χ1n) is 10.5. The number of hydrogen-bond donors (Lipinski definition) is 1. The molecule has 0 spiro atoms. The first-order valence-corrected chi connectivity index (χ1v) is 11.9. The summed E-state index contributed by atoms with van der Waals surface area (Å²) in [6.45, 7) is 1.86. The van der Waals surface area contributed by atoms with Crippen LogP contribution in [0.4, 0.5) is 5.69 Å². The van der Waals surface area contributed by atoms with Crippen LogP contribution in [0.2, 0.25) is 0 Å². The molecule has 0 atom stereocenters. The van der Waals surface area contributed by atoms with Gasteiger partial charge in [0.15, 0.2) is 11.5 Å². The molecule has 0 fully saturated rings. The van der Waals surface area contributed by atoms with E-state index in [2.05, 4.69) is 15.4 Å². The molecule has 4 aromatic rings. The molecule has 10 heteroatoms. The van der Waals surface area contributed by atoms with Crippen LogP contribution >= 0.6 is 0 Å². The minimum atomic E-state index is -4.02. The van der Waals surface area contributed by atoms with Gasteiger partial charge < -0.3 is 14.2 Å². The summed E-state index contributed by atoms with van der Waals surface area (Å²) >= 11 is 0. The predicted molar refractivity (Wildman–Crippen MR) is 131 cm³/mol. The van der Waals surface area contributed by atoms with Crippen molar-refractivity contribution in [1.82, 2.24) is 14.8 Å². The number of benzene rings is 3. The molecule has 1 aromatic heterocycles. The van der Waals surface area contributed by atoms with Gasteiger partial charge in [-0.1, -0.05) is 23.8 Å². The molecule has 1 amide bonds. The predicted octanol–water partition coefficient (Wildman–Crippen LogP) is 4.00. The van der Waals surface area contributed by atoms with Gasteiger partial charge in [0.25, 0.3) is 0 Å². The fourth-order valence-corrected chi connectivity index (χ4v) is 4.06. The maximum Gasteiger partial charge on any atom is 0.339 e. The van der Waals surface area contributed by atoms with Gasteiger partial charge in [-0.15, -0.1) is 0 Å². The molecule has 0 unspecified atom stereocenters. The normalized spacial score (nSPS) is 11.4. The molecule has 0 aliphatic rings. The molecule has 1 heterocycles. The maximum atomic E-state index is 12.6. The van der Waals surface area contributed by atoms with Crippen molar-refractivity contribution in [3.63, 3.8) is 0 Å². The zero-order valence-electron chi connectivity index (χ0n) is 19.0. The first kappa shape index (κ1) is 23.7. The number of aryl methyl sites for hydroxylation is 1. The molecule has 0 aliphatic carbocycles. The fraction of sp³-hybridized carbons (Fsp3) is 0.0800. The number of aromatic nitrogens is 3. The number of ether oxygens (including phenoxy) is 1. The summed E-state index contributed by atoms with van der Waals surface area (Å²) in [6.07, 6.45) is 5.97. The van der Waals surface area contributed by atoms with Crippen molar-refractivity contribution >= 4 is 27.8 Å². The second-order valence-electron chi connectivity index (χ2n) is 7.47. The van der Waals surface area contributed by atoms with Gasteiger partial charge in [-0.3, -0.25) is 4.79 Å². The Morgan fingerprint density at radius 1 is 1.00 bits per heavy atom. The lowest BCUT2D eigenvalue weighted by atomic mass is 10.2.